The van der Waals surface area contributed by atoms with E-state index in [9.17, 15) is 13.2 Å². The van der Waals surface area contributed by atoms with Gasteiger partial charge in [-0.05, 0) is 25.1 Å². The molecule has 0 aliphatic carbocycles. The molecule has 1 aromatic rings. The Hall–Kier alpha value is -1.07. The van der Waals surface area contributed by atoms with Gasteiger partial charge in [-0.15, -0.1) is 0 Å². The van der Waals surface area contributed by atoms with Crippen LogP contribution in [0.5, 0.6) is 0 Å². The van der Waals surface area contributed by atoms with E-state index in [-0.39, 0.29) is 11.6 Å². The number of benzene rings is 1. The van der Waals surface area contributed by atoms with Crippen LogP contribution in [0.4, 0.5) is 13.2 Å². The first kappa shape index (κ1) is 12.4. The molecule has 1 aromatic carbocycles. The van der Waals surface area contributed by atoms with E-state index < -0.39 is 17.5 Å². The van der Waals surface area contributed by atoms with Crippen molar-refractivity contribution in [1.82, 2.24) is 10.2 Å². The van der Waals surface area contributed by atoms with Crippen LogP contribution in [0.1, 0.15) is 5.56 Å². The van der Waals surface area contributed by atoms with Crippen molar-refractivity contribution in [2.75, 3.05) is 26.7 Å². The van der Waals surface area contributed by atoms with Gasteiger partial charge in [-0.1, -0.05) is 0 Å². The second-order valence-electron chi connectivity index (χ2n) is 4.40. The first-order valence-corrected chi connectivity index (χ1v) is 5.62. The zero-order chi connectivity index (χ0) is 12.4. The summed E-state index contributed by atoms with van der Waals surface area (Å²) < 4.78 is 39.3. The van der Waals surface area contributed by atoms with E-state index in [4.69, 9.17) is 0 Å². The third-order valence-corrected chi connectivity index (χ3v) is 3.19. The number of nitrogens with zero attached hydrogens (tertiary/aromatic N) is 1. The Labute approximate surface area is 98.4 Å². The summed E-state index contributed by atoms with van der Waals surface area (Å²) in [5.41, 5.74) is 0.226. The Morgan fingerprint density at radius 1 is 1.24 bits per heavy atom. The topological polar surface area (TPSA) is 15.3 Å². The smallest absolute Gasteiger partial charge is 0.161 e. The lowest BCUT2D eigenvalue weighted by molar-refractivity contribution is 0.198. The van der Waals surface area contributed by atoms with Gasteiger partial charge in [-0.3, -0.25) is 0 Å². The molecule has 5 heteroatoms. The Morgan fingerprint density at radius 3 is 2.65 bits per heavy atom. The highest BCUT2D eigenvalue weighted by atomic mass is 19.2. The normalized spacial score (nSPS) is 21.8. The zero-order valence-corrected chi connectivity index (χ0v) is 9.64. The highest BCUT2D eigenvalue weighted by Gasteiger charge is 2.21. The average Bonchev–Trinajstić information content (AvgIpc) is 2.29. The van der Waals surface area contributed by atoms with Crippen LogP contribution >= 0.6 is 0 Å². The molecular formula is C12H15F3N2. The van der Waals surface area contributed by atoms with Gasteiger partial charge in [-0.25, -0.2) is 13.2 Å². The maximum atomic E-state index is 13.5. The van der Waals surface area contributed by atoms with Crippen molar-refractivity contribution >= 4 is 0 Å². The minimum Gasteiger partial charge on any atom is -0.314 e. The Bertz CT molecular complexity index is 409. The van der Waals surface area contributed by atoms with Gasteiger partial charge in [0.1, 0.15) is 5.82 Å². The summed E-state index contributed by atoms with van der Waals surface area (Å²) in [5.74, 6) is -2.81. The highest BCUT2D eigenvalue weighted by Crippen LogP contribution is 2.17. The molecule has 2 nitrogen and oxygen atoms in total. The van der Waals surface area contributed by atoms with E-state index in [0.717, 1.165) is 25.7 Å². The summed E-state index contributed by atoms with van der Waals surface area (Å²) in [6.45, 7) is 2.50. The standard InChI is InChI=1S/C12H15F3N2/c1-17-3-2-16-7-9(17)4-8-5-11(14)12(15)6-10(8)13/h5-6,9,16H,2-4,7H2,1H3. The fraction of sp³-hybridized carbons (Fsp3) is 0.500. The molecule has 17 heavy (non-hydrogen) atoms. The van der Waals surface area contributed by atoms with Gasteiger partial charge >= 0.3 is 0 Å². The summed E-state index contributed by atoms with van der Waals surface area (Å²) in [6, 6.07) is 1.68. The lowest BCUT2D eigenvalue weighted by Crippen LogP contribution is -2.50. The molecule has 0 spiro atoms. The van der Waals surface area contributed by atoms with Gasteiger partial charge < -0.3 is 10.2 Å². The second kappa shape index (κ2) is 5.06. The lowest BCUT2D eigenvalue weighted by atomic mass is 10.0. The summed E-state index contributed by atoms with van der Waals surface area (Å²) in [4.78, 5) is 2.09. The molecule has 1 aliphatic rings. The van der Waals surface area contributed by atoms with Crippen molar-refractivity contribution < 1.29 is 13.2 Å². The van der Waals surface area contributed by atoms with Crippen molar-refractivity contribution in [3.63, 3.8) is 0 Å². The van der Waals surface area contributed by atoms with E-state index in [2.05, 4.69) is 10.2 Å². The molecule has 0 aromatic heterocycles. The van der Waals surface area contributed by atoms with Crippen molar-refractivity contribution in [3.8, 4) is 0 Å². The van der Waals surface area contributed by atoms with E-state index in [1.54, 1.807) is 0 Å². The molecule has 0 amide bonds. The van der Waals surface area contributed by atoms with E-state index in [1.807, 2.05) is 7.05 Å². The van der Waals surface area contributed by atoms with Crippen LogP contribution in [-0.4, -0.2) is 37.6 Å². The number of halogens is 3. The molecule has 1 aliphatic heterocycles. The first-order chi connectivity index (χ1) is 8.08. The number of nitrogens with one attached hydrogen (secondary N) is 1. The number of piperazine rings is 1. The molecule has 1 fully saturated rings. The van der Waals surface area contributed by atoms with Crippen LogP contribution in [-0.2, 0) is 6.42 Å². The van der Waals surface area contributed by atoms with E-state index in [0.29, 0.717) is 12.5 Å². The monoisotopic (exact) mass is 244 g/mol. The maximum absolute atomic E-state index is 13.5. The fourth-order valence-corrected chi connectivity index (χ4v) is 2.06. The van der Waals surface area contributed by atoms with Crippen LogP contribution < -0.4 is 5.32 Å². The quantitative estimate of drug-likeness (QED) is 0.794. The third-order valence-electron chi connectivity index (χ3n) is 3.19. The van der Waals surface area contributed by atoms with E-state index in [1.165, 1.54) is 0 Å². The van der Waals surface area contributed by atoms with E-state index >= 15 is 0 Å². The minimum absolute atomic E-state index is 0.114. The number of hydrogen-bond donors (Lipinski definition) is 1. The van der Waals surface area contributed by atoms with Gasteiger partial charge in [0.05, 0.1) is 0 Å². The second-order valence-corrected chi connectivity index (χ2v) is 4.40. The predicted molar refractivity (Wildman–Crippen MR) is 59.3 cm³/mol. The van der Waals surface area contributed by atoms with Gasteiger partial charge in [0.25, 0.3) is 0 Å². The predicted octanol–water partition coefficient (Wildman–Crippen LogP) is 1.55. The number of hydrogen-bond acceptors (Lipinski definition) is 2. The van der Waals surface area contributed by atoms with Gasteiger partial charge in [0.2, 0.25) is 0 Å². The third kappa shape index (κ3) is 2.79. The van der Waals surface area contributed by atoms with Crippen molar-refractivity contribution in [3.05, 3.63) is 35.1 Å². The fourth-order valence-electron chi connectivity index (χ4n) is 2.06. The van der Waals surface area contributed by atoms with Gasteiger partial charge in [0.15, 0.2) is 11.6 Å². The van der Waals surface area contributed by atoms with Crippen molar-refractivity contribution in [2.24, 2.45) is 0 Å². The highest BCUT2D eigenvalue weighted by molar-refractivity contribution is 5.21. The van der Waals surface area contributed by atoms with Crippen LogP contribution in [0.2, 0.25) is 0 Å². The lowest BCUT2D eigenvalue weighted by Gasteiger charge is -2.33. The molecule has 1 atom stereocenters. The Kier molecular flexibility index (Phi) is 3.69. The molecule has 94 valence electrons. The largest absolute Gasteiger partial charge is 0.314 e. The van der Waals surface area contributed by atoms with Crippen LogP contribution in [0.3, 0.4) is 0 Å². The molecule has 0 bridgehead atoms. The molecule has 0 radical (unpaired) electrons. The minimum atomic E-state index is -1.14. The molecule has 1 heterocycles. The van der Waals surface area contributed by atoms with Gasteiger partial charge in [-0.2, -0.15) is 0 Å². The first-order valence-electron chi connectivity index (χ1n) is 5.62. The van der Waals surface area contributed by atoms with Gasteiger partial charge in [0, 0.05) is 31.7 Å². The summed E-state index contributed by atoms with van der Waals surface area (Å²) in [5, 5.41) is 3.20. The molecule has 0 saturated carbocycles. The van der Waals surface area contributed by atoms with Crippen LogP contribution in [0.15, 0.2) is 12.1 Å². The zero-order valence-electron chi connectivity index (χ0n) is 9.64. The summed E-state index contributed by atoms with van der Waals surface area (Å²) in [7, 11) is 1.95. The van der Waals surface area contributed by atoms with Crippen LogP contribution in [0, 0.1) is 17.5 Å². The number of likely N-dealkylation sites (N-methyl/N-ethyl adjacent to an activating group) is 1. The van der Waals surface area contributed by atoms with Crippen molar-refractivity contribution in [2.45, 2.75) is 12.5 Å². The maximum Gasteiger partial charge on any atom is 0.161 e. The SMILES string of the molecule is CN1CCNCC1Cc1cc(F)c(F)cc1F. The molecule has 1 unspecified atom stereocenters. The summed E-state index contributed by atoms with van der Waals surface area (Å²) >= 11 is 0. The average molecular weight is 244 g/mol. The molecular weight excluding hydrogens is 229 g/mol. The summed E-state index contributed by atoms with van der Waals surface area (Å²) in [6.07, 6.45) is 0.381. The van der Waals surface area contributed by atoms with Crippen molar-refractivity contribution in [1.29, 1.82) is 0 Å². The molecule has 1 saturated heterocycles. The van der Waals surface area contributed by atoms with Crippen LogP contribution in [0.25, 0.3) is 0 Å². The number of rotatable bonds is 2. The molecule has 2 rings (SSSR count). The Balaban J connectivity index is 2.15. The molecule has 1 N–H and O–H groups in total. The Morgan fingerprint density at radius 2 is 1.94 bits per heavy atom.